The summed E-state index contributed by atoms with van der Waals surface area (Å²) >= 11 is 0. The first-order valence-corrected chi connectivity index (χ1v) is 5.13. The number of aromatic nitrogens is 2. The normalized spacial score (nSPS) is 9.89. The molecule has 0 radical (unpaired) electrons. The fourth-order valence-electron chi connectivity index (χ4n) is 1.84. The lowest BCUT2D eigenvalue weighted by molar-refractivity contribution is 1.08. The number of nitrogens with two attached hydrogens (primary N) is 2. The van der Waals surface area contributed by atoms with E-state index >= 15 is 0 Å². The molecule has 0 atom stereocenters. The molecule has 0 aliphatic heterocycles. The summed E-state index contributed by atoms with van der Waals surface area (Å²) in [6.07, 6.45) is 1.68. The van der Waals surface area contributed by atoms with E-state index in [1.54, 1.807) is 30.5 Å². The van der Waals surface area contributed by atoms with Crippen LogP contribution in [-0.2, 0) is 0 Å². The van der Waals surface area contributed by atoms with Gasteiger partial charge in [0, 0.05) is 6.20 Å². The van der Waals surface area contributed by atoms with Crippen molar-refractivity contribution in [3.8, 4) is 0 Å². The van der Waals surface area contributed by atoms with E-state index in [1.807, 2.05) is 6.07 Å². The zero-order valence-electron chi connectivity index (χ0n) is 9.74. The molecule has 0 saturated heterocycles. The van der Waals surface area contributed by atoms with Crippen LogP contribution in [0.4, 0.5) is 11.4 Å². The van der Waals surface area contributed by atoms with Crippen LogP contribution in [0.3, 0.4) is 0 Å². The van der Waals surface area contributed by atoms with Crippen LogP contribution in [-0.4, -0.2) is 9.38 Å². The van der Waals surface area contributed by atoms with Crippen LogP contribution in [0.5, 0.6) is 0 Å². The van der Waals surface area contributed by atoms with Gasteiger partial charge in [0.05, 0.1) is 22.3 Å². The summed E-state index contributed by atoms with van der Waals surface area (Å²) in [6.45, 7) is 0. The van der Waals surface area contributed by atoms with Gasteiger partial charge in [-0.25, -0.2) is 4.98 Å². The Bertz CT molecular complexity index is 801. The number of rotatable bonds is 0. The molecular formula is C12H12Cl2N4O. The summed E-state index contributed by atoms with van der Waals surface area (Å²) in [5, 5.41) is 0.473. The number of benzene rings is 1. The van der Waals surface area contributed by atoms with Crippen molar-refractivity contribution in [1.82, 2.24) is 9.38 Å². The number of halogens is 2. The average molecular weight is 299 g/mol. The van der Waals surface area contributed by atoms with Crippen molar-refractivity contribution < 1.29 is 0 Å². The Kier molecular flexibility index (Phi) is 4.24. The van der Waals surface area contributed by atoms with Crippen LogP contribution >= 0.6 is 24.8 Å². The standard InChI is InChI=1S/C12H10N4O.2ClH/c13-8-5-7-10(6-9(8)14)15-11-3-1-2-4-16(11)12(7)17;;/h1-6H,13-14H2;2*1H. The second-order valence-electron chi connectivity index (χ2n) is 3.84. The van der Waals surface area contributed by atoms with Crippen molar-refractivity contribution in [2.45, 2.75) is 0 Å². The Hall–Kier alpha value is -1.98. The highest BCUT2D eigenvalue weighted by molar-refractivity contribution is 5.88. The molecule has 7 heteroatoms. The Balaban J connectivity index is 0.000000902. The molecule has 0 bridgehead atoms. The number of hydrogen-bond acceptors (Lipinski definition) is 4. The number of fused-ring (bicyclic) bond motifs is 2. The molecule has 0 fully saturated rings. The molecule has 2 heterocycles. The minimum atomic E-state index is -0.141. The third kappa shape index (κ3) is 2.30. The van der Waals surface area contributed by atoms with E-state index in [-0.39, 0.29) is 30.4 Å². The van der Waals surface area contributed by atoms with Crippen molar-refractivity contribution in [1.29, 1.82) is 0 Å². The quantitative estimate of drug-likeness (QED) is 0.490. The van der Waals surface area contributed by atoms with E-state index in [0.29, 0.717) is 27.9 Å². The third-order valence-corrected chi connectivity index (χ3v) is 2.72. The number of pyridine rings is 1. The topological polar surface area (TPSA) is 86.4 Å². The molecule has 0 unspecified atom stereocenters. The van der Waals surface area contributed by atoms with Crippen LogP contribution in [0.25, 0.3) is 16.6 Å². The molecule has 0 aliphatic carbocycles. The summed E-state index contributed by atoms with van der Waals surface area (Å²) < 4.78 is 1.48. The molecule has 5 nitrogen and oxygen atoms in total. The Labute approximate surface area is 121 Å². The smallest absolute Gasteiger partial charge is 0.265 e. The van der Waals surface area contributed by atoms with Gasteiger partial charge < -0.3 is 11.5 Å². The molecule has 2 aromatic heterocycles. The molecule has 4 N–H and O–H groups in total. The molecule has 0 aliphatic rings. The van der Waals surface area contributed by atoms with Gasteiger partial charge in [-0.3, -0.25) is 9.20 Å². The van der Waals surface area contributed by atoms with Crippen molar-refractivity contribution >= 4 is 52.7 Å². The minimum Gasteiger partial charge on any atom is -0.397 e. The lowest BCUT2D eigenvalue weighted by Gasteiger charge is -2.05. The molecule has 0 saturated carbocycles. The van der Waals surface area contributed by atoms with Crippen molar-refractivity contribution in [3.05, 3.63) is 46.9 Å². The maximum atomic E-state index is 12.2. The van der Waals surface area contributed by atoms with Crippen LogP contribution in [0.1, 0.15) is 0 Å². The van der Waals surface area contributed by atoms with Crippen molar-refractivity contribution in [3.63, 3.8) is 0 Å². The number of hydrogen-bond donors (Lipinski definition) is 2. The largest absolute Gasteiger partial charge is 0.397 e. The van der Waals surface area contributed by atoms with E-state index in [2.05, 4.69) is 4.98 Å². The molecule has 3 rings (SSSR count). The zero-order chi connectivity index (χ0) is 12.0. The molecule has 100 valence electrons. The van der Waals surface area contributed by atoms with Crippen molar-refractivity contribution in [2.75, 3.05) is 11.5 Å². The summed E-state index contributed by atoms with van der Waals surface area (Å²) in [6, 6.07) is 8.57. The number of anilines is 2. The first kappa shape index (κ1) is 15.1. The van der Waals surface area contributed by atoms with Crippen LogP contribution in [0, 0.1) is 0 Å². The minimum absolute atomic E-state index is 0. The molecule has 0 amide bonds. The lowest BCUT2D eigenvalue weighted by Crippen LogP contribution is -2.15. The van der Waals surface area contributed by atoms with Gasteiger partial charge in [0.15, 0.2) is 0 Å². The maximum Gasteiger partial charge on any atom is 0.265 e. The maximum absolute atomic E-state index is 12.2. The second-order valence-corrected chi connectivity index (χ2v) is 3.84. The van der Waals surface area contributed by atoms with Gasteiger partial charge in [-0.2, -0.15) is 0 Å². The van der Waals surface area contributed by atoms with Gasteiger partial charge in [-0.05, 0) is 24.3 Å². The summed E-state index contributed by atoms with van der Waals surface area (Å²) in [5.74, 6) is 0. The monoisotopic (exact) mass is 298 g/mol. The molecule has 3 aromatic rings. The van der Waals surface area contributed by atoms with Crippen molar-refractivity contribution in [2.24, 2.45) is 0 Å². The number of nitrogens with zero attached hydrogens (tertiary/aromatic N) is 2. The first-order valence-electron chi connectivity index (χ1n) is 5.13. The van der Waals surface area contributed by atoms with Gasteiger partial charge in [0.1, 0.15) is 5.65 Å². The molecule has 1 aromatic carbocycles. The van der Waals surface area contributed by atoms with E-state index in [4.69, 9.17) is 11.5 Å². The lowest BCUT2D eigenvalue weighted by atomic mass is 10.2. The van der Waals surface area contributed by atoms with Gasteiger partial charge in [0.25, 0.3) is 5.56 Å². The Morgan fingerprint density at radius 3 is 2.47 bits per heavy atom. The van der Waals surface area contributed by atoms with Crippen LogP contribution < -0.4 is 17.0 Å². The summed E-state index contributed by atoms with van der Waals surface area (Å²) in [4.78, 5) is 16.5. The SMILES string of the molecule is Cl.Cl.Nc1cc2nc3ccccn3c(=O)c2cc1N. The highest BCUT2D eigenvalue weighted by atomic mass is 35.5. The molecule has 0 spiro atoms. The van der Waals surface area contributed by atoms with Gasteiger partial charge in [-0.15, -0.1) is 24.8 Å². The Morgan fingerprint density at radius 2 is 1.74 bits per heavy atom. The Morgan fingerprint density at radius 1 is 1.05 bits per heavy atom. The highest BCUT2D eigenvalue weighted by Crippen LogP contribution is 2.20. The van der Waals surface area contributed by atoms with E-state index in [0.717, 1.165) is 0 Å². The average Bonchev–Trinajstić information content (AvgIpc) is 2.32. The van der Waals surface area contributed by atoms with Gasteiger partial charge in [-0.1, -0.05) is 6.07 Å². The zero-order valence-corrected chi connectivity index (χ0v) is 11.4. The van der Waals surface area contributed by atoms with E-state index in [1.165, 1.54) is 4.40 Å². The fourth-order valence-corrected chi connectivity index (χ4v) is 1.84. The first-order chi connectivity index (χ1) is 8.16. The van der Waals surface area contributed by atoms with E-state index in [9.17, 15) is 4.79 Å². The molecular weight excluding hydrogens is 287 g/mol. The summed E-state index contributed by atoms with van der Waals surface area (Å²) in [7, 11) is 0. The summed E-state index contributed by atoms with van der Waals surface area (Å²) in [5.41, 5.74) is 13.2. The van der Waals surface area contributed by atoms with Gasteiger partial charge in [0.2, 0.25) is 0 Å². The predicted octanol–water partition coefficient (Wildman–Crippen LogP) is 1.86. The van der Waals surface area contributed by atoms with Gasteiger partial charge >= 0.3 is 0 Å². The number of nitrogen functional groups attached to an aromatic ring is 2. The second kappa shape index (κ2) is 5.34. The van der Waals surface area contributed by atoms with Crippen LogP contribution in [0.15, 0.2) is 41.3 Å². The fraction of sp³-hybridized carbons (Fsp3) is 0. The van der Waals surface area contributed by atoms with E-state index < -0.39 is 0 Å². The highest BCUT2D eigenvalue weighted by Gasteiger charge is 2.07. The van der Waals surface area contributed by atoms with Crippen LogP contribution in [0.2, 0.25) is 0 Å². The molecule has 19 heavy (non-hydrogen) atoms. The predicted molar refractivity (Wildman–Crippen MR) is 82.3 cm³/mol. The third-order valence-electron chi connectivity index (χ3n) is 2.72.